The van der Waals surface area contributed by atoms with Gasteiger partial charge < -0.3 is 4.90 Å². The van der Waals surface area contributed by atoms with Crippen molar-refractivity contribution in [2.45, 2.75) is 77.3 Å². The topological polar surface area (TPSA) is 71.3 Å². The largest absolute Gasteiger partial charge is 0.389 e. The second-order valence-electron chi connectivity index (χ2n) is 9.56. The molecule has 1 fully saturated rings. The molecule has 3 heterocycles. The molecule has 10 heteroatoms. The fourth-order valence-corrected chi connectivity index (χ4v) is 5.54. The summed E-state index contributed by atoms with van der Waals surface area (Å²) >= 11 is 1.44. The Balaban J connectivity index is 1.19. The van der Waals surface area contributed by atoms with Crippen molar-refractivity contribution in [3.63, 3.8) is 0 Å². The molecule has 1 amide bonds. The van der Waals surface area contributed by atoms with Crippen molar-refractivity contribution in [1.82, 2.24) is 20.1 Å². The van der Waals surface area contributed by atoms with Crippen molar-refractivity contribution in [3.05, 3.63) is 39.1 Å². The molecule has 0 radical (unpaired) electrons. The number of amides is 1. The van der Waals surface area contributed by atoms with E-state index in [1.54, 1.807) is 6.07 Å². The molecular formula is C25H32F3N5OS. The highest BCUT2D eigenvalue weighted by molar-refractivity contribution is 7.11. The summed E-state index contributed by atoms with van der Waals surface area (Å²) in [7, 11) is 0. The van der Waals surface area contributed by atoms with Crippen LogP contribution in [0.15, 0.2) is 17.1 Å². The number of carbonyl (C=O) groups excluding carboxylic acids is 1. The molecule has 4 rings (SSSR count). The normalized spacial score (nSPS) is 19.3. The average Bonchev–Trinajstić information content (AvgIpc) is 3.10. The number of alkyl halides is 3. The summed E-state index contributed by atoms with van der Waals surface area (Å²) < 4.78 is 37.6. The number of nitrogens with zero attached hydrogens (tertiary/aromatic N) is 5. The maximum absolute atomic E-state index is 12.5. The Kier molecular flexibility index (Phi) is 8.64. The molecule has 2 aromatic rings. The molecule has 0 aromatic carbocycles. The Bertz CT molecular complexity index is 1040. The fourth-order valence-electron chi connectivity index (χ4n) is 4.84. The third-order valence-corrected chi connectivity index (χ3v) is 7.68. The lowest BCUT2D eigenvalue weighted by Gasteiger charge is -2.26. The van der Waals surface area contributed by atoms with Crippen LogP contribution in [0.2, 0.25) is 0 Å². The van der Waals surface area contributed by atoms with Crippen molar-refractivity contribution >= 4 is 23.0 Å². The predicted octanol–water partition coefficient (Wildman–Crippen LogP) is 4.93. The highest BCUT2D eigenvalue weighted by Crippen LogP contribution is 2.27. The molecule has 1 saturated carbocycles. The van der Waals surface area contributed by atoms with Crippen LogP contribution in [-0.4, -0.2) is 57.5 Å². The summed E-state index contributed by atoms with van der Waals surface area (Å²) in [5, 5.41) is 9.52. The summed E-state index contributed by atoms with van der Waals surface area (Å²) in [6.45, 7) is 4.73. The number of hydrogen-bond acceptors (Lipinski definition) is 6. The van der Waals surface area contributed by atoms with Gasteiger partial charge in [0.05, 0.1) is 6.42 Å². The minimum absolute atomic E-state index is 0.0547. The second-order valence-corrected chi connectivity index (χ2v) is 10.8. The molecule has 0 atom stereocenters. The zero-order valence-corrected chi connectivity index (χ0v) is 20.9. The van der Waals surface area contributed by atoms with E-state index in [0.717, 1.165) is 91.6 Å². The number of aryl methyl sites for hydroxylation is 2. The van der Waals surface area contributed by atoms with E-state index in [1.165, 1.54) is 11.3 Å². The second kappa shape index (κ2) is 11.7. The van der Waals surface area contributed by atoms with E-state index >= 15 is 0 Å². The molecule has 0 bridgehead atoms. The van der Waals surface area contributed by atoms with Gasteiger partial charge in [0.25, 0.3) is 5.91 Å². The van der Waals surface area contributed by atoms with E-state index in [2.05, 4.69) is 25.1 Å². The Morgan fingerprint density at radius 2 is 1.91 bits per heavy atom. The van der Waals surface area contributed by atoms with E-state index < -0.39 is 12.6 Å². The molecule has 35 heavy (non-hydrogen) atoms. The number of halogens is 3. The van der Waals surface area contributed by atoms with Crippen LogP contribution in [-0.2, 0) is 30.5 Å². The minimum atomic E-state index is -4.15. The molecule has 0 unspecified atom stereocenters. The van der Waals surface area contributed by atoms with Crippen LogP contribution in [0.4, 0.5) is 13.2 Å². The van der Waals surface area contributed by atoms with Crippen LogP contribution in [0, 0.1) is 12.8 Å². The van der Waals surface area contributed by atoms with Crippen molar-refractivity contribution in [3.8, 4) is 0 Å². The highest BCUT2D eigenvalue weighted by atomic mass is 32.1. The van der Waals surface area contributed by atoms with E-state index in [0.29, 0.717) is 11.6 Å². The highest BCUT2D eigenvalue weighted by Gasteiger charge is 2.27. The van der Waals surface area contributed by atoms with E-state index in [1.807, 2.05) is 13.0 Å². The predicted molar refractivity (Wildman–Crippen MR) is 130 cm³/mol. The SMILES string of the molecule is Cc1nnc(CC(=O)N=C2CCC(CCN3CCc4ccc(CCC(F)(F)F)nc4CC3)CC2)s1. The lowest BCUT2D eigenvalue weighted by atomic mass is 9.85. The Hall–Kier alpha value is -2.20. The van der Waals surface area contributed by atoms with E-state index in [-0.39, 0.29) is 18.7 Å². The molecule has 1 aliphatic carbocycles. The molecule has 2 aliphatic rings. The number of fused-ring (bicyclic) bond motifs is 1. The number of aliphatic imine (C=N–C) groups is 1. The lowest BCUT2D eigenvalue weighted by Crippen LogP contribution is -2.29. The first-order valence-corrected chi connectivity index (χ1v) is 13.2. The van der Waals surface area contributed by atoms with E-state index in [9.17, 15) is 18.0 Å². The zero-order valence-electron chi connectivity index (χ0n) is 20.1. The number of carbonyl (C=O) groups is 1. The van der Waals surface area contributed by atoms with Gasteiger partial charge in [-0.2, -0.15) is 13.2 Å². The van der Waals surface area contributed by atoms with Gasteiger partial charge in [-0.25, -0.2) is 4.99 Å². The van der Waals surface area contributed by atoms with Crippen molar-refractivity contribution in [1.29, 1.82) is 0 Å². The van der Waals surface area contributed by atoms with Gasteiger partial charge in [0.2, 0.25) is 0 Å². The Labute approximate surface area is 208 Å². The molecule has 2 aromatic heterocycles. The maximum Gasteiger partial charge on any atom is 0.389 e. The third-order valence-electron chi connectivity index (χ3n) is 6.84. The van der Waals surface area contributed by atoms with Gasteiger partial charge in [0, 0.05) is 43.0 Å². The number of rotatable bonds is 7. The first kappa shape index (κ1) is 25.9. The summed E-state index contributed by atoms with van der Waals surface area (Å²) in [6, 6.07) is 3.72. The standard InChI is InChI=1S/C25H32F3N5OS/c1-17-31-32-24(35-17)16-23(34)30-20-5-2-18(3-6-20)9-13-33-14-10-19-4-7-21(8-12-25(26,27)28)29-22(19)11-15-33/h4,7,18H,2-3,5-6,8-16H2,1H3. The van der Waals surface area contributed by atoms with Crippen LogP contribution < -0.4 is 0 Å². The summed E-state index contributed by atoms with van der Waals surface area (Å²) in [6.07, 6.45) is 1.86. The van der Waals surface area contributed by atoms with Crippen LogP contribution in [0.3, 0.4) is 0 Å². The van der Waals surface area contributed by atoms with Crippen molar-refractivity contribution < 1.29 is 18.0 Å². The van der Waals surface area contributed by atoms with Gasteiger partial charge in [0.15, 0.2) is 0 Å². The number of hydrogen-bond donors (Lipinski definition) is 0. The quantitative estimate of drug-likeness (QED) is 0.532. The third kappa shape index (κ3) is 8.17. The molecule has 0 saturated heterocycles. The molecule has 6 nitrogen and oxygen atoms in total. The summed E-state index contributed by atoms with van der Waals surface area (Å²) in [4.78, 5) is 23.6. The first-order valence-electron chi connectivity index (χ1n) is 12.4. The fraction of sp³-hybridized carbons (Fsp3) is 0.640. The van der Waals surface area contributed by atoms with Crippen LogP contribution >= 0.6 is 11.3 Å². The summed E-state index contributed by atoms with van der Waals surface area (Å²) in [5.41, 5.74) is 3.66. The van der Waals surface area contributed by atoms with Crippen LogP contribution in [0.25, 0.3) is 0 Å². The van der Waals surface area contributed by atoms with Crippen LogP contribution in [0.5, 0.6) is 0 Å². The number of pyridine rings is 1. The molecule has 0 spiro atoms. The van der Waals surface area contributed by atoms with E-state index in [4.69, 9.17) is 0 Å². The van der Waals surface area contributed by atoms with Gasteiger partial charge in [-0.05, 0) is 76.0 Å². The Morgan fingerprint density at radius 1 is 1.14 bits per heavy atom. The maximum atomic E-state index is 12.5. The smallest absolute Gasteiger partial charge is 0.303 e. The number of aromatic nitrogens is 3. The van der Waals surface area contributed by atoms with Crippen molar-refractivity contribution in [2.75, 3.05) is 19.6 Å². The zero-order chi connectivity index (χ0) is 24.8. The van der Waals surface area contributed by atoms with Gasteiger partial charge in [-0.15, -0.1) is 21.5 Å². The Morgan fingerprint density at radius 3 is 2.63 bits per heavy atom. The molecule has 1 aliphatic heterocycles. The summed E-state index contributed by atoms with van der Waals surface area (Å²) in [5.74, 6) is 0.501. The molecular weight excluding hydrogens is 475 g/mol. The van der Waals surface area contributed by atoms with Gasteiger partial charge in [-0.3, -0.25) is 9.78 Å². The molecule has 0 N–H and O–H groups in total. The monoisotopic (exact) mass is 507 g/mol. The molecule has 190 valence electrons. The lowest BCUT2D eigenvalue weighted by molar-refractivity contribution is -0.134. The van der Waals surface area contributed by atoms with Gasteiger partial charge in [0.1, 0.15) is 10.0 Å². The first-order chi connectivity index (χ1) is 16.7. The minimum Gasteiger partial charge on any atom is -0.303 e. The van der Waals surface area contributed by atoms with Gasteiger partial charge >= 0.3 is 6.18 Å². The van der Waals surface area contributed by atoms with Gasteiger partial charge in [-0.1, -0.05) is 6.07 Å². The average molecular weight is 508 g/mol. The van der Waals surface area contributed by atoms with Crippen molar-refractivity contribution in [2.24, 2.45) is 10.9 Å². The van der Waals surface area contributed by atoms with Crippen LogP contribution in [0.1, 0.15) is 65.5 Å².